The minimum absolute atomic E-state index is 0.310. The van der Waals surface area contributed by atoms with Gasteiger partial charge in [-0.25, -0.2) is 0 Å². The number of nitrogens with one attached hydrogen (secondary N) is 1. The molecule has 1 aliphatic heterocycles. The summed E-state index contributed by atoms with van der Waals surface area (Å²) in [7, 11) is 0. The Labute approximate surface area is 61.6 Å². The number of piperidine rings is 1. The highest BCUT2D eigenvalue weighted by Gasteiger charge is 2.63. The van der Waals surface area contributed by atoms with E-state index in [1.807, 2.05) is 0 Å². The van der Waals surface area contributed by atoms with Crippen LogP contribution in [0.3, 0.4) is 0 Å². The molecular formula is C8H15NO. The van der Waals surface area contributed by atoms with Gasteiger partial charge >= 0.3 is 0 Å². The second-order valence-corrected chi connectivity index (χ2v) is 4.15. The van der Waals surface area contributed by atoms with E-state index in [1.54, 1.807) is 0 Å². The van der Waals surface area contributed by atoms with Crippen molar-refractivity contribution in [2.24, 2.45) is 17.3 Å². The van der Waals surface area contributed by atoms with Gasteiger partial charge < -0.3 is 10.4 Å². The smallest absolute Gasteiger partial charge is 0.0587 e. The summed E-state index contributed by atoms with van der Waals surface area (Å²) in [6.45, 7) is 6.02. The maximum Gasteiger partial charge on any atom is 0.0587 e. The zero-order valence-electron chi connectivity index (χ0n) is 6.59. The van der Waals surface area contributed by atoms with Gasteiger partial charge in [0.05, 0.1) is 6.61 Å². The molecule has 2 rings (SSSR count). The Hall–Kier alpha value is -0.0800. The number of hydrogen-bond acceptors (Lipinski definition) is 2. The van der Waals surface area contributed by atoms with E-state index in [1.165, 1.54) is 0 Å². The minimum Gasteiger partial charge on any atom is -0.395 e. The lowest BCUT2D eigenvalue weighted by Crippen LogP contribution is -2.33. The van der Waals surface area contributed by atoms with Crippen LogP contribution >= 0.6 is 0 Å². The second kappa shape index (κ2) is 1.74. The highest BCUT2D eigenvalue weighted by molar-refractivity contribution is 5.14. The molecule has 58 valence electrons. The van der Waals surface area contributed by atoms with Crippen LogP contribution < -0.4 is 5.32 Å². The molecule has 0 aromatic rings. The lowest BCUT2D eigenvalue weighted by atomic mass is 10.0. The SMILES string of the molecule is CC1(C)[C@H]2[C@H]1CN[C@@H]2CO. The lowest BCUT2D eigenvalue weighted by Gasteiger charge is -2.15. The Morgan fingerprint density at radius 1 is 1.60 bits per heavy atom. The van der Waals surface area contributed by atoms with Crippen molar-refractivity contribution >= 4 is 0 Å². The van der Waals surface area contributed by atoms with E-state index >= 15 is 0 Å². The molecule has 2 fully saturated rings. The van der Waals surface area contributed by atoms with Gasteiger partial charge in [0.15, 0.2) is 0 Å². The fourth-order valence-electron chi connectivity index (χ4n) is 2.56. The Morgan fingerprint density at radius 2 is 2.30 bits per heavy atom. The van der Waals surface area contributed by atoms with Gasteiger partial charge in [-0.2, -0.15) is 0 Å². The maximum absolute atomic E-state index is 8.93. The third-order valence-corrected chi connectivity index (χ3v) is 3.37. The maximum atomic E-state index is 8.93. The molecule has 0 spiro atoms. The fraction of sp³-hybridized carbons (Fsp3) is 1.00. The average molecular weight is 141 g/mol. The molecule has 1 saturated heterocycles. The zero-order valence-corrected chi connectivity index (χ0v) is 6.59. The molecule has 10 heavy (non-hydrogen) atoms. The molecule has 1 saturated carbocycles. The first-order valence-electron chi connectivity index (χ1n) is 4.02. The van der Waals surface area contributed by atoms with E-state index in [0.717, 1.165) is 18.4 Å². The first-order chi connectivity index (χ1) is 4.68. The summed E-state index contributed by atoms with van der Waals surface area (Å²) in [5, 5.41) is 12.2. The van der Waals surface area contributed by atoms with Crippen molar-refractivity contribution in [3.05, 3.63) is 0 Å². The third-order valence-electron chi connectivity index (χ3n) is 3.37. The van der Waals surface area contributed by atoms with Crippen LogP contribution in [-0.4, -0.2) is 24.3 Å². The van der Waals surface area contributed by atoms with Crippen molar-refractivity contribution in [3.63, 3.8) is 0 Å². The van der Waals surface area contributed by atoms with Crippen LogP contribution in [0, 0.1) is 17.3 Å². The van der Waals surface area contributed by atoms with Gasteiger partial charge in [0.1, 0.15) is 0 Å². The predicted octanol–water partition coefficient (Wildman–Crippen LogP) is 0.223. The molecule has 0 aromatic carbocycles. The number of hydrogen-bond donors (Lipinski definition) is 2. The quantitative estimate of drug-likeness (QED) is 0.547. The van der Waals surface area contributed by atoms with E-state index < -0.39 is 0 Å². The average Bonchev–Trinajstić information content (AvgIpc) is 2.28. The van der Waals surface area contributed by atoms with Crippen molar-refractivity contribution in [1.82, 2.24) is 5.32 Å². The Kier molecular flexibility index (Phi) is 1.15. The second-order valence-electron chi connectivity index (χ2n) is 4.15. The van der Waals surface area contributed by atoms with Gasteiger partial charge in [0.25, 0.3) is 0 Å². The number of aliphatic hydroxyl groups excluding tert-OH is 1. The molecule has 0 aromatic heterocycles. The van der Waals surface area contributed by atoms with Gasteiger partial charge in [-0.1, -0.05) is 13.8 Å². The van der Waals surface area contributed by atoms with Crippen LogP contribution in [0.15, 0.2) is 0 Å². The van der Waals surface area contributed by atoms with Gasteiger partial charge in [-0.15, -0.1) is 0 Å². The molecule has 2 N–H and O–H groups in total. The number of fused-ring (bicyclic) bond motifs is 1. The summed E-state index contributed by atoms with van der Waals surface area (Å²) < 4.78 is 0. The van der Waals surface area contributed by atoms with Crippen LogP contribution in [0.25, 0.3) is 0 Å². The summed E-state index contributed by atoms with van der Waals surface area (Å²) in [5.74, 6) is 1.59. The first-order valence-corrected chi connectivity index (χ1v) is 4.02. The van der Waals surface area contributed by atoms with Crippen LogP contribution in [0.4, 0.5) is 0 Å². The van der Waals surface area contributed by atoms with Crippen molar-refractivity contribution in [2.75, 3.05) is 13.2 Å². The molecule has 2 nitrogen and oxygen atoms in total. The molecule has 2 heteroatoms. The summed E-state index contributed by atoms with van der Waals surface area (Å²) in [6, 6.07) is 0.389. The Balaban J connectivity index is 2.07. The molecule has 0 bridgehead atoms. The van der Waals surface area contributed by atoms with E-state index in [0.29, 0.717) is 18.1 Å². The molecule has 2 aliphatic rings. The van der Waals surface area contributed by atoms with E-state index in [2.05, 4.69) is 19.2 Å². The minimum atomic E-state index is 0.310. The summed E-state index contributed by atoms with van der Waals surface area (Å²) >= 11 is 0. The van der Waals surface area contributed by atoms with Crippen LogP contribution in [0.5, 0.6) is 0 Å². The first kappa shape index (κ1) is 6.62. The molecule has 1 heterocycles. The summed E-state index contributed by atoms with van der Waals surface area (Å²) in [4.78, 5) is 0. The largest absolute Gasteiger partial charge is 0.395 e. The van der Waals surface area contributed by atoms with Gasteiger partial charge in [0.2, 0.25) is 0 Å². The normalized spacial score (nSPS) is 48.9. The van der Waals surface area contributed by atoms with E-state index in [9.17, 15) is 0 Å². The van der Waals surface area contributed by atoms with Crippen LogP contribution in [0.2, 0.25) is 0 Å². The lowest BCUT2D eigenvalue weighted by molar-refractivity contribution is 0.226. The summed E-state index contributed by atoms with van der Waals surface area (Å²) in [5.41, 5.74) is 0.513. The predicted molar refractivity (Wildman–Crippen MR) is 39.6 cm³/mol. The van der Waals surface area contributed by atoms with Crippen molar-refractivity contribution < 1.29 is 5.11 Å². The highest BCUT2D eigenvalue weighted by atomic mass is 16.3. The Morgan fingerprint density at radius 3 is 2.60 bits per heavy atom. The standard InChI is InChI=1S/C8H15NO/c1-8(2)5-3-9-6(4-10)7(5)8/h5-7,9-10H,3-4H2,1-2H3/t5-,6-,7+/m1/s1. The molecule has 1 aliphatic carbocycles. The molecule has 0 unspecified atom stereocenters. The van der Waals surface area contributed by atoms with Crippen molar-refractivity contribution in [1.29, 1.82) is 0 Å². The van der Waals surface area contributed by atoms with E-state index in [4.69, 9.17) is 5.11 Å². The fourth-order valence-corrected chi connectivity index (χ4v) is 2.56. The number of rotatable bonds is 1. The molecular weight excluding hydrogens is 126 g/mol. The topological polar surface area (TPSA) is 32.3 Å². The van der Waals surface area contributed by atoms with Crippen LogP contribution in [0.1, 0.15) is 13.8 Å². The van der Waals surface area contributed by atoms with Crippen molar-refractivity contribution in [2.45, 2.75) is 19.9 Å². The zero-order chi connectivity index (χ0) is 7.35. The monoisotopic (exact) mass is 141 g/mol. The molecule has 3 atom stereocenters. The van der Waals surface area contributed by atoms with Gasteiger partial charge in [0, 0.05) is 6.04 Å². The Bertz CT molecular complexity index is 155. The highest BCUT2D eigenvalue weighted by Crippen LogP contribution is 2.62. The van der Waals surface area contributed by atoms with E-state index in [-0.39, 0.29) is 0 Å². The van der Waals surface area contributed by atoms with Gasteiger partial charge in [-0.05, 0) is 23.8 Å². The summed E-state index contributed by atoms with van der Waals surface area (Å²) in [6.07, 6.45) is 0. The van der Waals surface area contributed by atoms with Crippen LogP contribution in [-0.2, 0) is 0 Å². The third kappa shape index (κ3) is 0.611. The molecule has 0 radical (unpaired) electrons. The van der Waals surface area contributed by atoms with Gasteiger partial charge in [-0.3, -0.25) is 0 Å². The van der Waals surface area contributed by atoms with Crippen molar-refractivity contribution in [3.8, 4) is 0 Å². The number of aliphatic hydroxyl groups is 1. The molecule has 0 amide bonds.